The molecular weight excluding hydrogens is 444 g/mol. The molecule has 0 saturated heterocycles. The Kier molecular flexibility index (Phi) is 4.98. The highest BCUT2D eigenvalue weighted by Gasteiger charge is 2.24. The van der Waals surface area contributed by atoms with E-state index >= 15 is 0 Å². The smallest absolute Gasteiger partial charge is 0.267 e. The van der Waals surface area contributed by atoms with Gasteiger partial charge < -0.3 is 11.1 Å². The molecular formula is C22H17ClN8O2. The lowest BCUT2D eigenvalue weighted by molar-refractivity contribution is 0.0940. The van der Waals surface area contributed by atoms with Crippen LogP contribution in [0.2, 0.25) is 5.02 Å². The second-order valence-corrected chi connectivity index (χ2v) is 7.75. The Balaban J connectivity index is 1.64. The first-order valence-corrected chi connectivity index (χ1v) is 10.4. The Morgan fingerprint density at radius 2 is 1.91 bits per heavy atom. The van der Waals surface area contributed by atoms with E-state index in [0.29, 0.717) is 33.0 Å². The molecule has 0 radical (unpaired) electrons. The third-order valence-electron chi connectivity index (χ3n) is 5.23. The molecule has 0 aliphatic rings. The number of nitrogens with two attached hydrogens (primary N) is 1. The van der Waals surface area contributed by atoms with Crippen molar-refractivity contribution >= 4 is 39.7 Å². The highest BCUT2D eigenvalue weighted by atomic mass is 35.5. The molecule has 5 aromatic rings. The predicted octanol–water partition coefficient (Wildman–Crippen LogP) is 2.55. The number of nitrogens with zero attached hydrogens (tertiary/aromatic N) is 6. The van der Waals surface area contributed by atoms with Crippen LogP contribution in [0.4, 0.5) is 5.82 Å². The number of hydrogen-bond donors (Lipinski definition) is 2. The number of halogens is 1. The lowest BCUT2D eigenvalue weighted by Crippen LogP contribution is -2.33. The van der Waals surface area contributed by atoms with Gasteiger partial charge in [-0.05, 0) is 31.2 Å². The van der Waals surface area contributed by atoms with Gasteiger partial charge in [0.2, 0.25) is 0 Å². The lowest BCUT2D eigenvalue weighted by Gasteiger charge is -2.20. The van der Waals surface area contributed by atoms with E-state index in [9.17, 15) is 9.59 Å². The number of aromatic nitrogens is 6. The van der Waals surface area contributed by atoms with Gasteiger partial charge in [0.25, 0.3) is 11.5 Å². The highest BCUT2D eigenvalue weighted by molar-refractivity contribution is 6.35. The average molecular weight is 461 g/mol. The molecule has 33 heavy (non-hydrogen) atoms. The second-order valence-electron chi connectivity index (χ2n) is 7.34. The quantitative estimate of drug-likeness (QED) is 0.421. The van der Waals surface area contributed by atoms with Crippen LogP contribution in [0.15, 0.2) is 65.8 Å². The lowest BCUT2D eigenvalue weighted by atomic mass is 10.2. The number of carbonyl (C=O) groups is 1. The zero-order valence-corrected chi connectivity index (χ0v) is 18.1. The van der Waals surface area contributed by atoms with Crippen molar-refractivity contribution in [2.75, 3.05) is 5.73 Å². The fourth-order valence-corrected chi connectivity index (χ4v) is 3.98. The largest absolute Gasteiger partial charge is 0.382 e. The molecule has 11 heteroatoms. The van der Waals surface area contributed by atoms with E-state index in [1.54, 1.807) is 37.3 Å². The normalized spacial score (nSPS) is 12.2. The van der Waals surface area contributed by atoms with Crippen LogP contribution < -0.4 is 16.6 Å². The first-order valence-electron chi connectivity index (χ1n) is 9.97. The minimum atomic E-state index is -0.669. The summed E-state index contributed by atoms with van der Waals surface area (Å²) in [6.45, 7) is 1.73. The molecule has 3 aromatic heterocycles. The molecule has 164 valence electrons. The number of anilines is 1. The number of carbonyl (C=O) groups excluding carboxylic acids is 1. The number of fused-ring (bicyclic) bond motifs is 2. The Labute approximate surface area is 191 Å². The number of benzene rings is 2. The minimum Gasteiger partial charge on any atom is -0.382 e. The Bertz CT molecular complexity index is 1580. The number of nitrogen functional groups attached to an aromatic ring is 1. The molecule has 0 fully saturated rings. The third kappa shape index (κ3) is 3.46. The molecule has 1 atom stereocenters. The number of nitrogens with one attached hydrogen (secondary N) is 1. The zero-order valence-electron chi connectivity index (χ0n) is 17.3. The Hall–Kier alpha value is -4.31. The molecule has 10 nitrogen and oxygen atoms in total. The van der Waals surface area contributed by atoms with Gasteiger partial charge in [-0.3, -0.25) is 14.2 Å². The summed E-state index contributed by atoms with van der Waals surface area (Å²) < 4.78 is 2.82. The molecule has 0 saturated carbocycles. The van der Waals surface area contributed by atoms with E-state index in [-0.39, 0.29) is 16.9 Å². The zero-order chi connectivity index (χ0) is 23.1. The van der Waals surface area contributed by atoms with Crippen molar-refractivity contribution in [2.24, 2.45) is 0 Å². The van der Waals surface area contributed by atoms with Gasteiger partial charge in [0, 0.05) is 0 Å². The van der Waals surface area contributed by atoms with Crippen LogP contribution in [-0.4, -0.2) is 35.3 Å². The summed E-state index contributed by atoms with van der Waals surface area (Å²) in [4.78, 5) is 31.3. The molecule has 0 aliphatic carbocycles. The first-order chi connectivity index (χ1) is 16.0. The van der Waals surface area contributed by atoms with Crippen molar-refractivity contribution in [1.82, 2.24) is 34.7 Å². The van der Waals surface area contributed by atoms with E-state index in [1.807, 2.05) is 18.2 Å². The summed E-state index contributed by atoms with van der Waals surface area (Å²) in [6.07, 6.45) is 2.76. The Morgan fingerprint density at radius 1 is 1.12 bits per heavy atom. The van der Waals surface area contributed by atoms with Gasteiger partial charge in [0.05, 0.1) is 33.9 Å². The van der Waals surface area contributed by atoms with Crippen LogP contribution in [0, 0.1) is 0 Å². The van der Waals surface area contributed by atoms with Crippen LogP contribution in [0.1, 0.15) is 29.1 Å². The van der Waals surface area contributed by atoms with Crippen LogP contribution in [0.3, 0.4) is 0 Å². The van der Waals surface area contributed by atoms with Crippen molar-refractivity contribution in [2.45, 2.75) is 13.0 Å². The van der Waals surface area contributed by atoms with Gasteiger partial charge in [-0.15, -0.1) is 10.2 Å². The fourth-order valence-electron chi connectivity index (χ4n) is 3.73. The molecule has 0 aliphatic heterocycles. The van der Waals surface area contributed by atoms with E-state index in [0.717, 1.165) is 0 Å². The Morgan fingerprint density at radius 3 is 2.70 bits per heavy atom. The summed E-state index contributed by atoms with van der Waals surface area (Å²) in [6, 6.07) is 13.4. The molecule has 0 unspecified atom stereocenters. The summed E-state index contributed by atoms with van der Waals surface area (Å²) in [5, 5.41) is 15.1. The standard InChI is InChI=1S/C22H17ClN8O2/c1-12(27-21(32)18-16-10-25-26-11-30(16)29-19(18)24)20-28-15-9-5-8-14(23)17(15)22(33)31(20)13-6-3-2-4-7-13/h2-12H,1H3,(H2,24,29)(H,27,32)/t12-/m0/s1. The summed E-state index contributed by atoms with van der Waals surface area (Å²) in [5.41, 5.74) is 7.23. The van der Waals surface area contributed by atoms with Crippen molar-refractivity contribution in [3.8, 4) is 5.69 Å². The summed E-state index contributed by atoms with van der Waals surface area (Å²) in [5.74, 6) is -0.111. The van der Waals surface area contributed by atoms with Crippen LogP contribution in [0.5, 0.6) is 0 Å². The van der Waals surface area contributed by atoms with Crippen molar-refractivity contribution < 1.29 is 4.79 Å². The maximum Gasteiger partial charge on any atom is 0.267 e. The van der Waals surface area contributed by atoms with Crippen LogP contribution >= 0.6 is 11.6 Å². The van der Waals surface area contributed by atoms with Crippen LogP contribution in [-0.2, 0) is 0 Å². The van der Waals surface area contributed by atoms with E-state index in [2.05, 4.69) is 25.6 Å². The maximum atomic E-state index is 13.5. The maximum absolute atomic E-state index is 13.5. The summed E-state index contributed by atoms with van der Waals surface area (Å²) >= 11 is 6.32. The molecule has 0 bridgehead atoms. The number of hydrogen-bond acceptors (Lipinski definition) is 7. The number of amides is 1. The molecule has 0 spiro atoms. The van der Waals surface area contributed by atoms with Crippen molar-refractivity contribution in [3.05, 3.63) is 87.8 Å². The number of rotatable bonds is 4. The van der Waals surface area contributed by atoms with E-state index in [4.69, 9.17) is 17.3 Å². The van der Waals surface area contributed by atoms with Gasteiger partial charge in [0.1, 0.15) is 23.2 Å². The van der Waals surface area contributed by atoms with Gasteiger partial charge in [-0.25, -0.2) is 9.50 Å². The molecule has 3 heterocycles. The van der Waals surface area contributed by atoms with Gasteiger partial charge in [-0.1, -0.05) is 35.9 Å². The molecule has 5 rings (SSSR count). The highest BCUT2D eigenvalue weighted by Crippen LogP contribution is 2.24. The third-order valence-corrected chi connectivity index (χ3v) is 5.55. The van der Waals surface area contributed by atoms with Gasteiger partial charge >= 0.3 is 0 Å². The van der Waals surface area contributed by atoms with E-state index < -0.39 is 11.9 Å². The van der Waals surface area contributed by atoms with Crippen LogP contribution in [0.25, 0.3) is 22.1 Å². The molecule has 1 amide bonds. The van der Waals surface area contributed by atoms with E-state index in [1.165, 1.54) is 21.6 Å². The molecule has 3 N–H and O–H groups in total. The minimum absolute atomic E-state index is 0.0354. The predicted molar refractivity (Wildman–Crippen MR) is 123 cm³/mol. The van der Waals surface area contributed by atoms with Crippen molar-refractivity contribution in [3.63, 3.8) is 0 Å². The number of para-hydroxylation sites is 1. The second kappa shape index (κ2) is 7.99. The first kappa shape index (κ1) is 20.6. The van der Waals surface area contributed by atoms with Gasteiger partial charge in [-0.2, -0.15) is 5.10 Å². The topological polar surface area (TPSA) is 133 Å². The average Bonchev–Trinajstić information content (AvgIpc) is 3.15. The van der Waals surface area contributed by atoms with Crippen molar-refractivity contribution in [1.29, 1.82) is 0 Å². The SMILES string of the molecule is C[C@H](NC(=O)c1c(N)nn2cnncc12)c1nc2cccc(Cl)c2c(=O)n1-c1ccccc1. The summed E-state index contributed by atoms with van der Waals surface area (Å²) in [7, 11) is 0. The monoisotopic (exact) mass is 460 g/mol. The van der Waals surface area contributed by atoms with Gasteiger partial charge in [0.15, 0.2) is 5.82 Å². The fraction of sp³-hybridized carbons (Fsp3) is 0.0909. The molecule has 2 aromatic carbocycles.